The molecule has 1 saturated heterocycles. The van der Waals surface area contributed by atoms with Gasteiger partial charge in [-0.3, -0.25) is 9.58 Å². The normalized spacial score (nSPS) is 15.3. The summed E-state index contributed by atoms with van der Waals surface area (Å²) < 4.78 is 1.94. The van der Waals surface area contributed by atoms with Crippen LogP contribution >= 0.6 is 12.2 Å². The molecule has 0 atom stereocenters. The van der Waals surface area contributed by atoms with E-state index in [0.717, 1.165) is 43.5 Å². The molecule has 0 radical (unpaired) electrons. The summed E-state index contributed by atoms with van der Waals surface area (Å²) in [7, 11) is 1.99. The molecule has 27 heavy (non-hydrogen) atoms. The van der Waals surface area contributed by atoms with Gasteiger partial charge in [0.25, 0.3) is 0 Å². The number of aromatic nitrogens is 2. The molecule has 1 aromatic heterocycles. The van der Waals surface area contributed by atoms with Crippen molar-refractivity contribution in [2.75, 3.05) is 31.5 Å². The maximum atomic E-state index is 5.69. The highest BCUT2D eigenvalue weighted by atomic mass is 32.1. The van der Waals surface area contributed by atoms with Crippen LogP contribution in [0, 0.1) is 6.92 Å². The standard InChI is InChI=1S/C21H25N5S/c1-16-18(14-22-24(16)2)15-25-10-12-26(13-11-25)21(27)23-20-9-5-7-17-6-3-4-8-19(17)20/h3-9,14H,10-13,15H2,1-2H3,(H,23,27). The van der Waals surface area contributed by atoms with E-state index >= 15 is 0 Å². The average molecular weight is 380 g/mol. The predicted molar refractivity (Wildman–Crippen MR) is 115 cm³/mol. The molecule has 0 saturated carbocycles. The molecule has 2 heterocycles. The number of rotatable bonds is 3. The first-order chi connectivity index (χ1) is 13.1. The molecule has 0 spiro atoms. The minimum absolute atomic E-state index is 0.809. The maximum absolute atomic E-state index is 5.69. The minimum Gasteiger partial charge on any atom is -0.346 e. The summed E-state index contributed by atoms with van der Waals surface area (Å²) in [5.74, 6) is 0. The lowest BCUT2D eigenvalue weighted by molar-refractivity contribution is 0.176. The van der Waals surface area contributed by atoms with Crippen molar-refractivity contribution < 1.29 is 0 Å². The first-order valence-electron chi connectivity index (χ1n) is 9.35. The van der Waals surface area contributed by atoms with Crippen LogP contribution in [-0.4, -0.2) is 50.9 Å². The SMILES string of the molecule is Cc1c(CN2CCN(C(=S)Nc3cccc4ccccc34)CC2)cnn1C. The van der Waals surface area contributed by atoms with Crippen LogP contribution in [0.25, 0.3) is 10.8 Å². The molecule has 2 aromatic carbocycles. The lowest BCUT2D eigenvalue weighted by Crippen LogP contribution is -2.49. The Bertz CT molecular complexity index is 951. The van der Waals surface area contributed by atoms with E-state index in [9.17, 15) is 0 Å². The van der Waals surface area contributed by atoms with Crippen molar-refractivity contribution in [3.63, 3.8) is 0 Å². The zero-order chi connectivity index (χ0) is 18.8. The van der Waals surface area contributed by atoms with Crippen molar-refractivity contribution in [2.45, 2.75) is 13.5 Å². The molecular weight excluding hydrogens is 354 g/mol. The maximum Gasteiger partial charge on any atom is 0.173 e. The van der Waals surface area contributed by atoms with Gasteiger partial charge in [0, 0.05) is 62.1 Å². The Hall–Kier alpha value is -2.44. The second-order valence-corrected chi connectivity index (χ2v) is 7.49. The van der Waals surface area contributed by atoms with Crippen molar-refractivity contribution >= 4 is 33.8 Å². The molecule has 1 aliphatic rings. The number of thiocarbonyl (C=S) groups is 1. The van der Waals surface area contributed by atoms with Gasteiger partial charge in [0.2, 0.25) is 0 Å². The molecule has 4 rings (SSSR count). The number of benzene rings is 2. The lowest BCUT2D eigenvalue weighted by atomic mass is 10.1. The van der Waals surface area contributed by atoms with E-state index in [2.05, 4.69) is 69.6 Å². The summed E-state index contributed by atoms with van der Waals surface area (Å²) in [4.78, 5) is 4.74. The van der Waals surface area contributed by atoms with Gasteiger partial charge in [-0.2, -0.15) is 5.10 Å². The van der Waals surface area contributed by atoms with Crippen molar-refractivity contribution in [1.82, 2.24) is 19.6 Å². The van der Waals surface area contributed by atoms with Crippen LogP contribution in [0.5, 0.6) is 0 Å². The lowest BCUT2D eigenvalue weighted by Gasteiger charge is -2.36. The molecular formula is C21H25N5S. The summed E-state index contributed by atoms with van der Waals surface area (Å²) in [6.45, 7) is 6.97. The van der Waals surface area contributed by atoms with E-state index in [1.165, 1.54) is 22.0 Å². The van der Waals surface area contributed by atoms with E-state index in [-0.39, 0.29) is 0 Å². The van der Waals surface area contributed by atoms with E-state index in [0.29, 0.717) is 0 Å². The second kappa shape index (κ2) is 7.66. The third-order valence-electron chi connectivity index (χ3n) is 5.42. The van der Waals surface area contributed by atoms with E-state index in [1.807, 2.05) is 17.9 Å². The number of aryl methyl sites for hydroxylation is 1. The number of anilines is 1. The molecule has 5 nitrogen and oxygen atoms in total. The fraction of sp³-hybridized carbons (Fsp3) is 0.333. The van der Waals surface area contributed by atoms with Crippen LogP contribution in [0.1, 0.15) is 11.3 Å². The Morgan fingerprint density at radius 2 is 1.81 bits per heavy atom. The molecule has 1 aliphatic heterocycles. The molecule has 1 fully saturated rings. The quantitative estimate of drug-likeness (QED) is 0.706. The Morgan fingerprint density at radius 1 is 1.07 bits per heavy atom. The topological polar surface area (TPSA) is 36.3 Å². The number of piperazine rings is 1. The molecule has 3 aromatic rings. The first kappa shape index (κ1) is 17.9. The van der Waals surface area contributed by atoms with Gasteiger partial charge >= 0.3 is 0 Å². The Labute approximate surface area is 165 Å². The fourth-order valence-electron chi connectivity index (χ4n) is 3.58. The average Bonchev–Trinajstić information content (AvgIpc) is 3.01. The van der Waals surface area contributed by atoms with Crippen LogP contribution < -0.4 is 5.32 Å². The van der Waals surface area contributed by atoms with E-state index in [4.69, 9.17) is 12.2 Å². The number of nitrogens with one attached hydrogen (secondary N) is 1. The third kappa shape index (κ3) is 3.82. The van der Waals surface area contributed by atoms with Crippen LogP contribution in [0.2, 0.25) is 0 Å². The highest BCUT2D eigenvalue weighted by molar-refractivity contribution is 7.80. The van der Waals surface area contributed by atoms with Gasteiger partial charge in [-0.25, -0.2) is 0 Å². The highest BCUT2D eigenvalue weighted by Crippen LogP contribution is 2.23. The van der Waals surface area contributed by atoms with Gasteiger partial charge < -0.3 is 10.2 Å². The van der Waals surface area contributed by atoms with Crippen LogP contribution in [0.15, 0.2) is 48.7 Å². The highest BCUT2D eigenvalue weighted by Gasteiger charge is 2.20. The zero-order valence-electron chi connectivity index (χ0n) is 15.9. The summed E-state index contributed by atoms with van der Waals surface area (Å²) in [5.41, 5.74) is 3.62. The van der Waals surface area contributed by atoms with Gasteiger partial charge in [0.15, 0.2) is 5.11 Å². The Morgan fingerprint density at radius 3 is 2.56 bits per heavy atom. The van der Waals surface area contributed by atoms with Gasteiger partial charge in [-0.1, -0.05) is 36.4 Å². The van der Waals surface area contributed by atoms with Crippen LogP contribution in [-0.2, 0) is 13.6 Å². The molecule has 0 aliphatic carbocycles. The predicted octanol–water partition coefficient (Wildman–Crippen LogP) is 3.40. The summed E-state index contributed by atoms with van der Waals surface area (Å²) in [5, 5.41) is 11.0. The van der Waals surface area contributed by atoms with Crippen LogP contribution in [0.4, 0.5) is 5.69 Å². The van der Waals surface area contributed by atoms with E-state index < -0.39 is 0 Å². The number of nitrogens with zero attached hydrogens (tertiary/aromatic N) is 4. The fourth-order valence-corrected chi connectivity index (χ4v) is 3.87. The zero-order valence-corrected chi connectivity index (χ0v) is 16.7. The second-order valence-electron chi connectivity index (χ2n) is 7.10. The van der Waals surface area contributed by atoms with Crippen molar-refractivity contribution in [3.05, 3.63) is 59.9 Å². The molecule has 0 amide bonds. The Balaban J connectivity index is 1.36. The first-order valence-corrected chi connectivity index (χ1v) is 9.76. The van der Waals surface area contributed by atoms with Crippen molar-refractivity contribution in [3.8, 4) is 0 Å². The van der Waals surface area contributed by atoms with Gasteiger partial charge in [0.1, 0.15) is 0 Å². The Kier molecular flexibility index (Phi) is 5.09. The summed E-state index contributed by atoms with van der Waals surface area (Å²) in [6.07, 6.45) is 1.98. The monoisotopic (exact) mass is 379 g/mol. The van der Waals surface area contributed by atoms with Gasteiger partial charge in [-0.15, -0.1) is 0 Å². The van der Waals surface area contributed by atoms with Crippen molar-refractivity contribution in [1.29, 1.82) is 0 Å². The number of fused-ring (bicyclic) bond motifs is 1. The number of hydrogen-bond donors (Lipinski definition) is 1. The molecule has 140 valence electrons. The smallest absolute Gasteiger partial charge is 0.173 e. The third-order valence-corrected chi connectivity index (χ3v) is 5.78. The van der Waals surface area contributed by atoms with Crippen molar-refractivity contribution in [2.24, 2.45) is 7.05 Å². The minimum atomic E-state index is 0.809. The molecule has 0 bridgehead atoms. The summed E-state index contributed by atoms with van der Waals surface area (Å²) in [6, 6.07) is 14.7. The van der Waals surface area contributed by atoms with Gasteiger partial charge in [0.05, 0.1) is 6.20 Å². The van der Waals surface area contributed by atoms with Gasteiger partial charge in [-0.05, 0) is 30.6 Å². The molecule has 0 unspecified atom stereocenters. The summed E-state index contributed by atoms with van der Waals surface area (Å²) >= 11 is 5.69. The molecule has 6 heteroatoms. The van der Waals surface area contributed by atoms with E-state index in [1.54, 1.807) is 0 Å². The number of hydrogen-bond acceptors (Lipinski definition) is 3. The largest absolute Gasteiger partial charge is 0.346 e. The molecule has 1 N–H and O–H groups in total. The van der Waals surface area contributed by atoms with Crippen LogP contribution in [0.3, 0.4) is 0 Å².